The van der Waals surface area contributed by atoms with Crippen LogP contribution >= 0.6 is 0 Å². The number of rotatable bonds is 6. The van der Waals surface area contributed by atoms with Gasteiger partial charge in [-0.3, -0.25) is 9.88 Å². The molecule has 0 radical (unpaired) electrons. The van der Waals surface area contributed by atoms with Gasteiger partial charge in [-0.2, -0.15) is 5.26 Å². The molecule has 9 heteroatoms. The highest BCUT2D eigenvalue weighted by Crippen LogP contribution is 2.32. The Morgan fingerprint density at radius 3 is 2.74 bits per heavy atom. The van der Waals surface area contributed by atoms with Gasteiger partial charge < -0.3 is 25.2 Å². The van der Waals surface area contributed by atoms with E-state index in [0.29, 0.717) is 23.2 Å². The number of hydrogen-bond donors (Lipinski definition) is 1. The molecule has 9 nitrogen and oxygen atoms in total. The molecule has 5 heterocycles. The fourth-order valence-electron chi connectivity index (χ4n) is 6.57. The van der Waals surface area contributed by atoms with E-state index in [1.165, 1.54) is 5.56 Å². The number of aromatic nitrogens is 2. The summed E-state index contributed by atoms with van der Waals surface area (Å²) in [7, 11) is 1.72. The number of nitrogens with zero attached hydrogens (tertiary/aromatic N) is 7. The first kappa shape index (κ1) is 24.7. The largest absolute Gasteiger partial charge is 0.378 e. The second kappa shape index (κ2) is 11.1. The molecule has 4 atom stereocenters. The van der Waals surface area contributed by atoms with Crippen molar-refractivity contribution in [2.24, 2.45) is 5.73 Å². The Kier molecular flexibility index (Phi) is 7.02. The van der Waals surface area contributed by atoms with Crippen LogP contribution in [-0.4, -0.2) is 103 Å². The number of nitriles is 1. The molecule has 0 unspecified atom stereocenters. The van der Waals surface area contributed by atoms with Crippen LogP contribution in [0.15, 0.2) is 48.8 Å². The van der Waals surface area contributed by atoms with Crippen molar-refractivity contribution < 1.29 is 6.11 Å². The summed E-state index contributed by atoms with van der Waals surface area (Å²) in [5.41, 5.74) is 9.69. The average Bonchev–Trinajstić information content (AvgIpc) is 3.35. The van der Waals surface area contributed by atoms with Crippen LogP contribution < -0.4 is 15.5 Å². The van der Waals surface area contributed by atoms with E-state index in [2.05, 4.69) is 55.8 Å². The van der Waals surface area contributed by atoms with Crippen LogP contribution in [-0.2, 0) is 11.2 Å². The maximum atomic E-state index is 9.59. The Labute approximate surface area is 232 Å². The summed E-state index contributed by atoms with van der Waals surface area (Å²) in [6, 6.07) is 15.0. The molecule has 0 saturated carbocycles. The minimum Gasteiger partial charge on any atom is -0.378 e. The van der Waals surface area contributed by atoms with Gasteiger partial charge >= 0.3 is 0 Å². The lowest BCUT2D eigenvalue weighted by molar-refractivity contribution is 0.0356. The third-order valence-corrected chi connectivity index (χ3v) is 8.71. The van der Waals surface area contributed by atoms with Gasteiger partial charge in [0.2, 0.25) is 0 Å². The smallest absolute Gasteiger partial charge is 0.128 e. The molecule has 3 aliphatic rings. The SMILES string of the molecule is [2H]c1ccc2c(N3C[C@@H]4CN(CCc5ccc(N6C[C@@H](N)[C@H](OC)C6)nc5)CCN4[C@H](C)C3)ccc(C#N)c2n1. The number of anilines is 2. The molecule has 3 fully saturated rings. The van der Waals surface area contributed by atoms with Gasteiger partial charge in [-0.05, 0) is 49.2 Å². The summed E-state index contributed by atoms with van der Waals surface area (Å²) in [4.78, 5) is 19.0. The van der Waals surface area contributed by atoms with Gasteiger partial charge in [0.05, 0.1) is 24.6 Å². The van der Waals surface area contributed by atoms with E-state index in [4.69, 9.17) is 16.8 Å². The lowest BCUT2D eigenvalue weighted by Gasteiger charge is -2.51. The molecular weight excluding hydrogens is 488 g/mol. The molecule has 2 aromatic heterocycles. The highest BCUT2D eigenvalue weighted by molar-refractivity contribution is 5.95. The molecule has 0 aliphatic carbocycles. The van der Waals surface area contributed by atoms with E-state index in [1.807, 2.05) is 18.3 Å². The summed E-state index contributed by atoms with van der Waals surface area (Å²) in [5, 5.41) is 10.5. The molecule has 6 rings (SSSR count). The van der Waals surface area contributed by atoms with Crippen LogP contribution in [0.3, 0.4) is 0 Å². The van der Waals surface area contributed by atoms with E-state index in [9.17, 15) is 5.26 Å². The normalized spacial score (nSPS) is 26.5. The van der Waals surface area contributed by atoms with Crippen molar-refractivity contribution in [1.82, 2.24) is 19.8 Å². The second-order valence-corrected chi connectivity index (χ2v) is 11.1. The van der Waals surface area contributed by atoms with Crippen LogP contribution in [0.5, 0.6) is 0 Å². The van der Waals surface area contributed by atoms with Crippen LogP contribution in [0, 0.1) is 11.3 Å². The Morgan fingerprint density at radius 1 is 1.08 bits per heavy atom. The molecular formula is C30H38N8O. The van der Waals surface area contributed by atoms with Gasteiger partial charge in [-0.1, -0.05) is 6.07 Å². The summed E-state index contributed by atoms with van der Waals surface area (Å²) in [5.74, 6) is 0.966. The lowest BCUT2D eigenvalue weighted by Crippen LogP contribution is -2.65. The number of ether oxygens (including phenoxy) is 1. The van der Waals surface area contributed by atoms with Crippen molar-refractivity contribution in [2.45, 2.75) is 37.6 Å². The first-order valence-corrected chi connectivity index (χ1v) is 13.9. The topological polar surface area (TPSA) is 97.8 Å². The monoisotopic (exact) mass is 527 g/mol. The van der Waals surface area contributed by atoms with Crippen molar-refractivity contribution in [3.8, 4) is 6.07 Å². The van der Waals surface area contributed by atoms with Crippen molar-refractivity contribution in [3.05, 3.63) is 59.9 Å². The summed E-state index contributed by atoms with van der Waals surface area (Å²) < 4.78 is 13.4. The van der Waals surface area contributed by atoms with E-state index in [1.54, 1.807) is 13.2 Å². The molecule has 0 amide bonds. The van der Waals surface area contributed by atoms with Crippen LogP contribution in [0.25, 0.3) is 10.9 Å². The van der Waals surface area contributed by atoms with E-state index in [0.717, 1.165) is 75.7 Å². The van der Waals surface area contributed by atoms with Crippen LogP contribution in [0.4, 0.5) is 11.5 Å². The highest BCUT2D eigenvalue weighted by Gasteiger charge is 2.36. The molecule has 3 saturated heterocycles. The zero-order chi connectivity index (χ0) is 27.8. The average molecular weight is 528 g/mol. The zero-order valence-electron chi connectivity index (χ0n) is 23.8. The molecule has 3 aliphatic heterocycles. The highest BCUT2D eigenvalue weighted by atomic mass is 16.5. The fraction of sp³-hybridized carbons (Fsp3) is 0.500. The number of methoxy groups -OCH3 is 1. The van der Waals surface area contributed by atoms with Gasteiger partial charge in [-0.15, -0.1) is 0 Å². The fourth-order valence-corrected chi connectivity index (χ4v) is 6.57. The third kappa shape index (κ3) is 5.18. The second-order valence-electron chi connectivity index (χ2n) is 11.1. The molecule has 2 N–H and O–H groups in total. The number of benzene rings is 1. The number of hydrogen-bond acceptors (Lipinski definition) is 9. The van der Waals surface area contributed by atoms with E-state index >= 15 is 0 Å². The minimum absolute atomic E-state index is 0.0203. The zero-order valence-corrected chi connectivity index (χ0v) is 22.8. The third-order valence-electron chi connectivity index (χ3n) is 8.71. The van der Waals surface area contributed by atoms with Gasteiger partial charge in [0.25, 0.3) is 0 Å². The summed E-state index contributed by atoms with van der Waals surface area (Å²) >= 11 is 0. The van der Waals surface area contributed by atoms with E-state index < -0.39 is 0 Å². The summed E-state index contributed by atoms with van der Waals surface area (Å²) in [6.45, 7) is 9.92. The minimum atomic E-state index is 0.0203. The first-order valence-electron chi connectivity index (χ1n) is 14.4. The maximum absolute atomic E-state index is 9.59. The van der Waals surface area contributed by atoms with Crippen molar-refractivity contribution in [1.29, 1.82) is 5.26 Å². The molecule has 1 aromatic carbocycles. The standard InChI is InChI=1S/C30H38N8O/c1-21-16-36(27-7-6-23(14-31)30-25(27)4-3-10-33-30)18-24-17-35(12-13-38(21)24)11-9-22-5-8-29(34-15-22)37-19-26(32)28(20-37)39-2/h3-8,10,15,21,24,26,28H,9,11-13,16-20,32H2,1-2H3/t21-,24+,26-,28-/m1/s1/i10D. The van der Waals surface area contributed by atoms with Gasteiger partial charge in [0.15, 0.2) is 0 Å². The molecule has 39 heavy (non-hydrogen) atoms. The number of pyridine rings is 2. The van der Waals surface area contributed by atoms with Gasteiger partial charge in [0.1, 0.15) is 11.9 Å². The van der Waals surface area contributed by atoms with Crippen molar-refractivity contribution in [3.63, 3.8) is 0 Å². The quantitative estimate of drug-likeness (QED) is 0.517. The Bertz CT molecular complexity index is 1390. The molecule has 0 bridgehead atoms. The number of fused-ring (bicyclic) bond motifs is 2. The Balaban J connectivity index is 1.10. The molecule has 0 spiro atoms. The maximum Gasteiger partial charge on any atom is 0.128 e. The lowest BCUT2D eigenvalue weighted by atomic mass is 10.0. The van der Waals surface area contributed by atoms with Gasteiger partial charge in [0, 0.05) is 95.0 Å². The van der Waals surface area contributed by atoms with Crippen LogP contribution in [0.1, 0.15) is 19.4 Å². The Morgan fingerprint density at radius 2 is 1.97 bits per heavy atom. The van der Waals surface area contributed by atoms with Crippen molar-refractivity contribution in [2.75, 3.05) is 69.3 Å². The van der Waals surface area contributed by atoms with Gasteiger partial charge in [-0.25, -0.2) is 4.98 Å². The number of nitrogens with two attached hydrogens (primary N) is 1. The predicted octanol–water partition coefficient (Wildman–Crippen LogP) is 2.10. The predicted molar refractivity (Wildman–Crippen MR) is 154 cm³/mol. The van der Waals surface area contributed by atoms with E-state index in [-0.39, 0.29) is 18.3 Å². The summed E-state index contributed by atoms with van der Waals surface area (Å²) in [6.07, 6.45) is 3.23. The Hall–Kier alpha value is -3.29. The number of piperazine rings is 2. The van der Waals surface area contributed by atoms with Crippen molar-refractivity contribution >= 4 is 22.4 Å². The molecule has 204 valence electrons. The molecule has 3 aromatic rings. The first-order chi connectivity index (χ1) is 19.4. The van der Waals surface area contributed by atoms with Crippen LogP contribution in [0.2, 0.25) is 0 Å².